The third-order valence-corrected chi connectivity index (χ3v) is 5.74. The summed E-state index contributed by atoms with van der Waals surface area (Å²) in [4.78, 5) is 41.6. The van der Waals surface area contributed by atoms with E-state index >= 15 is 0 Å². The van der Waals surface area contributed by atoms with Gasteiger partial charge in [0.15, 0.2) is 0 Å². The molecule has 2 atom stereocenters. The van der Waals surface area contributed by atoms with Crippen molar-refractivity contribution in [3.05, 3.63) is 107 Å². The molecule has 0 spiro atoms. The number of ketones is 1. The first-order valence-corrected chi connectivity index (χ1v) is 12.9. The average Bonchev–Trinajstić information content (AvgIpc) is 2.92. The molecular weight excluding hydrogens is 508 g/mol. The Hall–Kier alpha value is -4.75. The number of hydrogen-bond donors (Lipinski definition) is 2. The first-order chi connectivity index (χ1) is 19.1. The molecule has 0 fully saturated rings. The first kappa shape index (κ1) is 29.8. The second-order valence-corrected chi connectivity index (χ2v) is 10.2. The predicted molar refractivity (Wildman–Crippen MR) is 151 cm³/mol. The van der Waals surface area contributed by atoms with E-state index in [4.69, 9.17) is 15.0 Å². The maximum atomic E-state index is 13.4. The van der Waals surface area contributed by atoms with Crippen LogP contribution in [0.3, 0.4) is 0 Å². The fourth-order valence-electron chi connectivity index (χ4n) is 3.89. The third kappa shape index (κ3) is 10.2. The predicted octanol–water partition coefficient (Wildman–Crippen LogP) is 4.30. The van der Waals surface area contributed by atoms with Gasteiger partial charge in [0.2, 0.25) is 5.91 Å². The summed E-state index contributed by atoms with van der Waals surface area (Å²) >= 11 is 0. The van der Waals surface area contributed by atoms with Crippen LogP contribution in [0.25, 0.3) is 5.53 Å². The number of rotatable bonds is 12. The van der Waals surface area contributed by atoms with Crippen molar-refractivity contribution in [2.24, 2.45) is 0 Å². The van der Waals surface area contributed by atoms with Gasteiger partial charge >= 0.3 is 12.3 Å². The van der Waals surface area contributed by atoms with Crippen molar-refractivity contribution >= 4 is 24.0 Å². The van der Waals surface area contributed by atoms with Crippen LogP contribution in [0.1, 0.15) is 37.5 Å². The molecule has 9 heteroatoms. The molecule has 9 nitrogen and oxygen atoms in total. The van der Waals surface area contributed by atoms with Gasteiger partial charge in [-0.3, -0.25) is 9.59 Å². The second kappa shape index (κ2) is 14.4. The van der Waals surface area contributed by atoms with Crippen molar-refractivity contribution in [1.29, 1.82) is 0 Å². The minimum Gasteiger partial charge on any atom is -0.488 e. The minimum atomic E-state index is -1.04. The Morgan fingerprint density at radius 3 is 1.93 bits per heavy atom. The molecule has 40 heavy (non-hydrogen) atoms. The van der Waals surface area contributed by atoms with E-state index in [9.17, 15) is 14.4 Å². The molecule has 0 bridgehead atoms. The van der Waals surface area contributed by atoms with Crippen LogP contribution in [0.4, 0.5) is 4.79 Å². The van der Waals surface area contributed by atoms with Crippen LogP contribution in [0, 0.1) is 0 Å². The highest BCUT2D eigenvalue weighted by molar-refractivity contribution is 6.28. The van der Waals surface area contributed by atoms with Crippen molar-refractivity contribution in [3.8, 4) is 5.75 Å². The van der Waals surface area contributed by atoms with E-state index in [0.717, 1.165) is 22.9 Å². The Labute approximate surface area is 234 Å². The molecule has 3 aromatic carbocycles. The highest BCUT2D eigenvalue weighted by Crippen LogP contribution is 2.19. The van der Waals surface area contributed by atoms with Crippen LogP contribution < -0.4 is 15.4 Å². The molecule has 0 saturated carbocycles. The van der Waals surface area contributed by atoms with E-state index in [-0.39, 0.29) is 25.0 Å². The van der Waals surface area contributed by atoms with E-state index in [2.05, 4.69) is 15.4 Å². The first-order valence-electron chi connectivity index (χ1n) is 12.9. The van der Waals surface area contributed by atoms with Gasteiger partial charge in [0.05, 0.1) is 0 Å². The topological polar surface area (TPSA) is 130 Å². The van der Waals surface area contributed by atoms with Crippen LogP contribution in [0.2, 0.25) is 0 Å². The molecule has 2 N–H and O–H groups in total. The molecule has 0 unspecified atom stereocenters. The van der Waals surface area contributed by atoms with Crippen LogP contribution in [0.15, 0.2) is 84.9 Å². The molecule has 0 aliphatic rings. The molecule has 208 valence electrons. The Bertz CT molecular complexity index is 1320. The zero-order chi connectivity index (χ0) is 29.0. The molecule has 0 aromatic heterocycles. The van der Waals surface area contributed by atoms with Crippen molar-refractivity contribution < 1.29 is 28.6 Å². The summed E-state index contributed by atoms with van der Waals surface area (Å²) in [5.74, 6) is -0.518. The van der Waals surface area contributed by atoms with Gasteiger partial charge in [-0.05, 0) is 49.6 Å². The quantitative estimate of drug-likeness (QED) is 0.200. The van der Waals surface area contributed by atoms with Crippen molar-refractivity contribution in [2.45, 2.75) is 57.9 Å². The number of carbonyl (C=O) groups is 3. The normalized spacial score (nSPS) is 12.3. The second-order valence-electron chi connectivity index (χ2n) is 10.2. The van der Waals surface area contributed by atoms with Gasteiger partial charge in [-0.25, -0.2) is 4.79 Å². The van der Waals surface area contributed by atoms with E-state index in [1.807, 2.05) is 81.4 Å². The van der Waals surface area contributed by atoms with Gasteiger partial charge < -0.3 is 25.6 Å². The standard InChI is InChI=1S/C31H34N4O5/c1-31(2,3)40-25-16-14-23(15-17-25)18-26(28(36)20-33-32)34-29(37)27(19-22-10-6-4-7-11-22)35-30(38)39-21-24-12-8-5-9-13-24/h4-17,20,26-27H,18-19,21H2,1-3H3,(H,34,37)(H,35,38)/t26-,27-/m0/s1. The Morgan fingerprint density at radius 2 is 1.35 bits per heavy atom. The number of benzene rings is 3. The fraction of sp³-hybridized carbons (Fsp3) is 0.290. The lowest BCUT2D eigenvalue weighted by atomic mass is 10.0. The summed E-state index contributed by atoms with van der Waals surface area (Å²) in [6.07, 6.45) is 0.272. The van der Waals surface area contributed by atoms with Gasteiger partial charge in [0.1, 0.15) is 30.0 Å². The van der Waals surface area contributed by atoms with Gasteiger partial charge in [-0.1, -0.05) is 72.8 Å². The number of alkyl carbamates (subject to hydrolysis) is 1. The van der Waals surface area contributed by atoms with Crippen molar-refractivity contribution in [3.63, 3.8) is 0 Å². The number of Topliss-reactive ketones (excluding diaryl/α,β-unsaturated/α-hetero) is 1. The number of nitrogens with one attached hydrogen (secondary N) is 2. The zero-order valence-corrected chi connectivity index (χ0v) is 22.9. The number of amides is 2. The van der Waals surface area contributed by atoms with Gasteiger partial charge in [0, 0.05) is 12.8 Å². The average molecular weight is 543 g/mol. The Morgan fingerprint density at radius 1 is 0.800 bits per heavy atom. The van der Waals surface area contributed by atoms with E-state index in [1.54, 1.807) is 24.3 Å². The molecular formula is C31H34N4O5. The maximum Gasteiger partial charge on any atom is 0.408 e. The number of carbonyl (C=O) groups excluding carboxylic acids is 3. The summed E-state index contributed by atoms with van der Waals surface area (Å²) in [5.41, 5.74) is 10.9. The molecule has 0 saturated heterocycles. The SMILES string of the molecule is CC(C)(C)Oc1ccc(C[C@H](NC(=O)[C@H](Cc2ccccc2)NC(=O)OCc2ccccc2)C(=O)C=[N+]=[N-])cc1. The Kier molecular flexibility index (Phi) is 10.7. The molecule has 0 aliphatic carbocycles. The summed E-state index contributed by atoms with van der Waals surface area (Å²) in [6.45, 7) is 5.86. The molecule has 3 rings (SSSR count). The van der Waals surface area contributed by atoms with Crippen molar-refractivity contribution in [1.82, 2.24) is 10.6 Å². The fourth-order valence-corrected chi connectivity index (χ4v) is 3.89. The summed E-state index contributed by atoms with van der Waals surface area (Å²) < 4.78 is 11.2. The monoisotopic (exact) mass is 542 g/mol. The third-order valence-electron chi connectivity index (χ3n) is 5.74. The molecule has 2 amide bonds. The molecule has 0 aliphatic heterocycles. The molecule has 0 radical (unpaired) electrons. The molecule has 0 heterocycles. The van der Waals surface area contributed by atoms with Gasteiger partial charge in [-0.15, -0.1) is 0 Å². The number of ether oxygens (including phenoxy) is 2. The Balaban J connectivity index is 1.74. The van der Waals surface area contributed by atoms with E-state index < -0.39 is 29.9 Å². The van der Waals surface area contributed by atoms with Crippen LogP contribution in [-0.4, -0.2) is 46.5 Å². The smallest absolute Gasteiger partial charge is 0.408 e. The lowest BCUT2D eigenvalue weighted by molar-refractivity contribution is -0.127. The number of hydrogen-bond acceptors (Lipinski definition) is 5. The zero-order valence-electron chi connectivity index (χ0n) is 22.9. The summed E-state index contributed by atoms with van der Waals surface area (Å²) in [6, 6.07) is 23.4. The maximum absolute atomic E-state index is 13.4. The lowest BCUT2D eigenvalue weighted by Gasteiger charge is -2.22. The molecule has 3 aromatic rings. The van der Waals surface area contributed by atoms with Gasteiger partial charge in [0.25, 0.3) is 5.78 Å². The van der Waals surface area contributed by atoms with Crippen LogP contribution in [-0.2, 0) is 33.8 Å². The van der Waals surface area contributed by atoms with Crippen LogP contribution >= 0.6 is 0 Å². The van der Waals surface area contributed by atoms with Crippen molar-refractivity contribution in [2.75, 3.05) is 0 Å². The van der Waals surface area contributed by atoms with E-state index in [1.165, 1.54) is 0 Å². The summed E-state index contributed by atoms with van der Waals surface area (Å²) in [7, 11) is 0. The number of nitrogens with zero attached hydrogens (tertiary/aromatic N) is 2. The van der Waals surface area contributed by atoms with Gasteiger partial charge in [-0.2, -0.15) is 4.79 Å². The van der Waals surface area contributed by atoms with Crippen LogP contribution in [0.5, 0.6) is 5.75 Å². The minimum absolute atomic E-state index is 0.0371. The lowest BCUT2D eigenvalue weighted by Crippen LogP contribution is -2.53. The largest absolute Gasteiger partial charge is 0.488 e. The highest BCUT2D eigenvalue weighted by Gasteiger charge is 2.28. The summed E-state index contributed by atoms with van der Waals surface area (Å²) in [5, 5.41) is 5.33. The van der Waals surface area contributed by atoms with E-state index in [0.29, 0.717) is 5.75 Å². The highest BCUT2D eigenvalue weighted by atomic mass is 16.5.